The second-order valence-corrected chi connectivity index (χ2v) is 7.95. The van der Waals surface area contributed by atoms with Crippen LogP contribution in [0.4, 0.5) is 0 Å². The quantitative estimate of drug-likeness (QED) is 0.886. The predicted molar refractivity (Wildman–Crippen MR) is 83.1 cm³/mol. The van der Waals surface area contributed by atoms with Crippen molar-refractivity contribution in [3.8, 4) is 0 Å². The van der Waals surface area contributed by atoms with E-state index in [0.717, 1.165) is 6.42 Å². The van der Waals surface area contributed by atoms with Crippen molar-refractivity contribution in [2.45, 2.75) is 30.8 Å². The molecular weight excluding hydrogens is 306 g/mol. The van der Waals surface area contributed by atoms with Crippen LogP contribution in [0.5, 0.6) is 0 Å². The molecule has 0 bridgehead atoms. The number of fused-ring (bicyclic) bond motifs is 1. The van der Waals surface area contributed by atoms with E-state index in [4.69, 9.17) is 0 Å². The molecule has 2 aromatic rings. The minimum absolute atomic E-state index is 0.239. The molecular formula is C15H17NO3S2. The monoisotopic (exact) mass is 323 g/mol. The molecule has 1 aliphatic carbocycles. The first-order valence-electron chi connectivity index (χ1n) is 6.78. The second-order valence-electron chi connectivity index (χ2n) is 5.28. The molecule has 1 aromatic heterocycles. The van der Waals surface area contributed by atoms with Crippen LogP contribution in [0.1, 0.15) is 27.5 Å². The van der Waals surface area contributed by atoms with Gasteiger partial charge >= 0.3 is 0 Å². The van der Waals surface area contributed by atoms with Gasteiger partial charge in [-0.1, -0.05) is 24.3 Å². The Morgan fingerprint density at radius 1 is 1.38 bits per heavy atom. The zero-order chi connectivity index (χ0) is 15.0. The van der Waals surface area contributed by atoms with Gasteiger partial charge in [-0.25, -0.2) is 13.1 Å². The maximum Gasteiger partial charge on any atom is 0.242 e. The van der Waals surface area contributed by atoms with E-state index in [1.807, 2.05) is 18.2 Å². The molecule has 1 unspecified atom stereocenters. The van der Waals surface area contributed by atoms with E-state index < -0.39 is 10.0 Å². The van der Waals surface area contributed by atoms with Crippen LogP contribution in [0.3, 0.4) is 0 Å². The zero-order valence-electron chi connectivity index (χ0n) is 11.7. The van der Waals surface area contributed by atoms with Crippen LogP contribution >= 0.6 is 11.3 Å². The van der Waals surface area contributed by atoms with E-state index in [1.165, 1.54) is 22.5 Å². The summed E-state index contributed by atoms with van der Waals surface area (Å²) >= 11 is 1.28. The highest BCUT2D eigenvalue weighted by atomic mass is 32.2. The SMILES string of the molecule is Cc1csc(CO)c1S(=O)(=O)NCC1Cc2ccccc21. The summed E-state index contributed by atoms with van der Waals surface area (Å²) in [5.74, 6) is 0.243. The number of hydrogen-bond acceptors (Lipinski definition) is 4. The number of rotatable bonds is 5. The third-order valence-electron chi connectivity index (χ3n) is 3.88. The fraction of sp³-hybridized carbons (Fsp3) is 0.333. The van der Waals surface area contributed by atoms with Gasteiger partial charge in [0, 0.05) is 12.5 Å². The van der Waals surface area contributed by atoms with E-state index in [0.29, 0.717) is 17.0 Å². The van der Waals surface area contributed by atoms with Gasteiger partial charge in [0.25, 0.3) is 0 Å². The summed E-state index contributed by atoms with van der Waals surface area (Å²) < 4.78 is 27.6. The van der Waals surface area contributed by atoms with Crippen LogP contribution in [-0.4, -0.2) is 20.1 Å². The molecule has 0 aliphatic heterocycles. The number of sulfonamides is 1. The molecule has 0 saturated carbocycles. The molecule has 0 saturated heterocycles. The maximum absolute atomic E-state index is 12.4. The van der Waals surface area contributed by atoms with Crippen molar-refractivity contribution in [2.75, 3.05) is 6.54 Å². The summed E-state index contributed by atoms with van der Waals surface area (Å²) in [6, 6.07) is 8.11. The fourth-order valence-electron chi connectivity index (χ4n) is 2.78. The van der Waals surface area contributed by atoms with Gasteiger partial charge in [-0.2, -0.15) is 0 Å². The van der Waals surface area contributed by atoms with Gasteiger partial charge in [0.15, 0.2) is 0 Å². The highest BCUT2D eigenvalue weighted by Crippen LogP contribution is 2.34. The Kier molecular flexibility index (Phi) is 3.88. The summed E-state index contributed by atoms with van der Waals surface area (Å²) in [6.45, 7) is 1.91. The fourth-order valence-corrected chi connectivity index (χ4v) is 5.52. The van der Waals surface area contributed by atoms with E-state index in [9.17, 15) is 13.5 Å². The molecule has 3 rings (SSSR count). The highest BCUT2D eigenvalue weighted by molar-refractivity contribution is 7.89. The lowest BCUT2D eigenvalue weighted by Gasteiger charge is -2.30. The van der Waals surface area contributed by atoms with Crippen molar-refractivity contribution in [3.63, 3.8) is 0 Å². The Labute approximate surface area is 128 Å². The second kappa shape index (κ2) is 5.53. The molecule has 4 nitrogen and oxygen atoms in total. The lowest BCUT2D eigenvalue weighted by Crippen LogP contribution is -2.33. The van der Waals surface area contributed by atoms with Gasteiger partial charge < -0.3 is 5.11 Å². The zero-order valence-corrected chi connectivity index (χ0v) is 13.3. The lowest BCUT2D eigenvalue weighted by atomic mass is 9.78. The van der Waals surface area contributed by atoms with Crippen molar-refractivity contribution in [1.82, 2.24) is 4.72 Å². The summed E-state index contributed by atoms with van der Waals surface area (Å²) in [5, 5.41) is 11.0. The van der Waals surface area contributed by atoms with Gasteiger partial charge in [-0.15, -0.1) is 11.3 Å². The van der Waals surface area contributed by atoms with Crippen LogP contribution in [0.2, 0.25) is 0 Å². The van der Waals surface area contributed by atoms with E-state index in [1.54, 1.807) is 12.3 Å². The predicted octanol–water partition coefficient (Wildman–Crippen LogP) is 2.17. The van der Waals surface area contributed by atoms with Crippen LogP contribution in [0.15, 0.2) is 34.5 Å². The Balaban J connectivity index is 1.75. The molecule has 1 heterocycles. The first kappa shape index (κ1) is 14.7. The molecule has 0 fully saturated rings. The Hall–Kier alpha value is -1.21. The molecule has 1 aliphatic rings. The molecule has 1 aromatic carbocycles. The maximum atomic E-state index is 12.4. The van der Waals surface area contributed by atoms with Crippen LogP contribution in [-0.2, 0) is 23.1 Å². The Bertz CT molecular complexity index is 765. The number of aryl methyl sites for hydroxylation is 1. The molecule has 0 spiro atoms. The average molecular weight is 323 g/mol. The van der Waals surface area contributed by atoms with E-state index in [2.05, 4.69) is 10.8 Å². The summed E-state index contributed by atoms with van der Waals surface area (Å²) in [5.41, 5.74) is 3.21. The molecule has 6 heteroatoms. The number of aliphatic hydroxyl groups is 1. The standard InChI is InChI=1S/C15H17NO3S2/c1-10-9-20-14(8-17)15(10)21(18,19)16-7-12-6-11-4-2-3-5-13(11)12/h2-5,9,12,16-17H,6-8H2,1H3. The van der Waals surface area contributed by atoms with Gasteiger partial charge in [-0.3, -0.25) is 0 Å². The molecule has 1 atom stereocenters. The van der Waals surface area contributed by atoms with Crippen molar-refractivity contribution in [2.24, 2.45) is 0 Å². The highest BCUT2D eigenvalue weighted by Gasteiger charge is 2.28. The van der Waals surface area contributed by atoms with Crippen LogP contribution in [0.25, 0.3) is 0 Å². The molecule has 112 valence electrons. The van der Waals surface area contributed by atoms with Crippen molar-refractivity contribution >= 4 is 21.4 Å². The van der Waals surface area contributed by atoms with Gasteiger partial charge in [0.1, 0.15) is 4.90 Å². The molecule has 21 heavy (non-hydrogen) atoms. The van der Waals surface area contributed by atoms with E-state index >= 15 is 0 Å². The number of hydrogen-bond donors (Lipinski definition) is 2. The van der Waals surface area contributed by atoms with Crippen LogP contribution < -0.4 is 4.72 Å². The largest absolute Gasteiger partial charge is 0.391 e. The number of thiophene rings is 1. The molecule has 2 N–H and O–H groups in total. The molecule has 0 radical (unpaired) electrons. The smallest absolute Gasteiger partial charge is 0.242 e. The van der Waals surface area contributed by atoms with Crippen LogP contribution in [0, 0.1) is 6.92 Å². The number of benzene rings is 1. The average Bonchev–Trinajstić information content (AvgIpc) is 2.81. The number of aliphatic hydroxyl groups excluding tert-OH is 1. The van der Waals surface area contributed by atoms with Gasteiger partial charge in [0.2, 0.25) is 10.0 Å². The summed E-state index contributed by atoms with van der Waals surface area (Å²) in [4.78, 5) is 0.733. The third-order valence-corrected chi connectivity index (χ3v) is 6.75. The third kappa shape index (κ3) is 2.64. The topological polar surface area (TPSA) is 66.4 Å². The summed E-state index contributed by atoms with van der Waals surface area (Å²) in [7, 11) is -3.56. The minimum atomic E-state index is -3.56. The number of nitrogens with one attached hydrogen (secondary N) is 1. The molecule has 0 amide bonds. The first-order valence-corrected chi connectivity index (χ1v) is 9.14. The van der Waals surface area contributed by atoms with Crippen molar-refractivity contribution in [3.05, 3.63) is 51.2 Å². The van der Waals surface area contributed by atoms with Gasteiger partial charge in [0.05, 0.1) is 11.5 Å². The Morgan fingerprint density at radius 3 is 2.86 bits per heavy atom. The van der Waals surface area contributed by atoms with Crippen molar-refractivity contribution < 1.29 is 13.5 Å². The lowest BCUT2D eigenvalue weighted by molar-refractivity contribution is 0.282. The van der Waals surface area contributed by atoms with Crippen molar-refractivity contribution in [1.29, 1.82) is 0 Å². The minimum Gasteiger partial charge on any atom is -0.391 e. The van der Waals surface area contributed by atoms with Gasteiger partial charge in [-0.05, 0) is 35.4 Å². The normalized spacial score (nSPS) is 17.3. The van der Waals surface area contributed by atoms with E-state index in [-0.39, 0.29) is 17.4 Å². The Morgan fingerprint density at radius 2 is 2.14 bits per heavy atom. The first-order chi connectivity index (χ1) is 10.0. The summed E-state index contributed by atoms with van der Waals surface area (Å²) in [6.07, 6.45) is 0.911.